The lowest BCUT2D eigenvalue weighted by atomic mass is 10.0. The van der Waals surface area contributed by atoms with Gasteiger partial charge in [-0.25, -0.2) is 0 Å². The number of nitrogens with zero attached hydrogens (tertiary/aromatic N) is 2. The molecule has 0 aliphatic carbocycles. The summed E-state index contributed by atoms with van der Waals surface area (Å²) in [6, 6.07) is 37.9. The number of para-hydroxylation sites is 3. The topological polar surface area (TPSA) is 9.34 Å². The fourth-order valence-electron chi connectivity index (χ4n) is 5.95. The van der Waals surface area contributed by atoms with Gasteiger partial charge < -0.3 is 8.97 Å². The molecule has 2 heteroatoms. The molecule has 3 heterocycles. The predicted molar refractivity (Wildman–Crippen MR) is 141 cm³/mol. The number of benzene rings is 5. The van der Waals surface area contributed by atoms with Gasteiger partial charge >= 0.3 is 0 Å². The molecule has 0 saturated carbocycles. The van der Waals surface area contributed by atoms with Crippen molar-refractivity contribution in [3.63, 3.8) is 0 Å². The zero-order valence-electron chi connectivity index (χ0n) is 18.2. The standard InChI is InChI=1S/C31H20N2/c1-32-27-11-4-2-7-21(27)23-15-13-20(18-30(23)32)19-14-16-29-26(17-19)25-10-6-9-24-22-8-3-5-12-28(22)33(29)31(24)25/h2-18H,1H3. The van der Waals surface area contributed by atoms with Crippen LogP contribution in [0.25, 0.3) is 71.0 Å². The summed E-state index contributed by atoms with van der Waals surface area (Å²) < 4.78 is 4.74. The maximum absolute atomic E-state index is 2.44. The van der Waals surface area contributed by atoms with E-state index in [4.69, 9.17) is 0 Å². The van der Waals surface area contributed by atoms with Crippen LogP contribution in [0.3, 0.4) is 0 Å². The maximum Gasteiger partial charge on any atom is 0.0620 e. The summed E-state index contributed by atoms with van der Waals surface area (Å²) in [6.45, 7) is 0. The summed E-state index contributed by atoms with van der Waals surface area (Å²) in [5.74, 6) is 0. The van der Waals surface area contributed by atoms with Crippen LogP contribution in [0.2, 0.25) is 0 Å². The minimum atomic E-state index is 1.25. The summed E-state index contributed by atoms with van der Waals surface area (Å²) in [6.07, 6.45) is 0. The van der Waals surface area contributed by atoms with Crippen molar-refractivity contribution in [1.82, 2.24) is 8.97 Å². The molecule has 8 aromatic rings. The summed E-state index contributed by atoms with van der Waals surface area (Å²) in [4.78, 5) is 0. The number of rotatable bonds is 1. The summed E-state index contributed by atoms with van der Waals surface area (Å²) >= 11 is 0. The quantitative estimate of drug-likeness (QED) is 0.253. The molecule has 0 unspecified atom stereocenters. The average molecular weight is 421 g/mol. The van der Waals surface area contributed by atoms with E-state index in [1.165, 1.54) is 71.0 Å². The number of hydrogen-bond acceptors (Lipinski definition) is 0. The van der Waals surface area contributed by atoms with Crippen molar-refractivity contribution < 1.29 is 0 Å². The van der Waals surface area contributed by atoms with Crippen LogP contribution in [0.1, 0.15) is 0 Å². The van der Waals surface area contributed by atoms with Gasteiger partial charge in [-0.05, 0) is 41.5 Å². The Kier molecular flexibility index (Phi) is 3.11. The number of fused-ring (bicyclic) bond motifs is 9. The van der Waals surface area contributed by atoms with Gasteiger partial charge in [0.25, 0.3) is 0 Å². The highest BCUT2D eigenvalue weighted by Gasteiger charge is 2.17. The van der Waals surface area contributed by atoms with Crippen molar-refractivity contribution in [2.24, 2.45) is 7.05 Å². The van der Waals surface area contributed by atoms with E-state index in [1.54, 1.807) is 0 Å². The normalized spacial score (nSPS) is 12.4. The van der Waals surface area contributed by atoms with Crippen LogP contribution < -0.4 is 0 Å². The fourth-order valence-corrected chi connectivity index (χ4v) is 5.95. The molecule has 0 N–H and O–H groups in total. The second-order valence-electron chi connectivity index (χ2n) is 9.09. The van der Waals surface area contributed by atoms with Gasteiger partial charge in [-0.15, -0.1) is 0 Å². The highest BCUT2D eigenvalue weighted by atomic mass is 14.9. The molecular formula is C31H20N2. The number of aryl methyl sites for hydroxylation is 1. The minimum absolute atomic E-state index is 1.25. The molecule has 5 aromatic carbocycles. The molecule has 0 aliphatic rings. The molecule has 8 rings (SSSR count). The maximum atomic E-state index is 2.44. The largest absolute Gasteiger partial charge is 0.344 e. The molecule has 0 amide bonds. The molecule has 2 nitrogen and oxygen atoms in total. The second-order valence-corrected chi connectivity index (χ2v) is 9.09. The second kappa shape index (κ2) is 5.93. The Labute approximate surface area is 190 Å². The Hall–Kier alpha value is -4.30. The lowest BCUT2D eigenvalue weighted by Gasteiger charge is -2.05. The Morgan fingerprint density at radius 3 is 1.85 bits per heavy atom. The van der Waals surface area contributed by atoms with E-state index in [9.17, 15) is 0 Å². The first-order valence-electron chi connectivity index (χ1n) is 11.4. The van der Waals surface area contributed by atoms with Crippen molar-refractivity contribution in [3.8, 4) is 11.1 Å². The first-order chi connectivity index (χ1) is 16.3. The van der Waals surface area contributed by atoms with Crippen molar-refractivity contribution in [2.75, 3.05) is 0 Å². The van der Waals surface area contributed by atoms with E-state index in [0.29, 0.717) is 0 Å². The zero-order chi connectivity index (χ0) is 21.7. The van der Waals surface area contributed by atoms with E-state index in [1.807, 2.05) is 0 Å². The van der Waals surface area contributed by atoms with Crippen LogP contribution in [0.15, 0.2) is 103 Å². The first kappa shape index (κ1) is 17.3. The molecule has 0 bridgehead atoms. The van der Waals surface area contributed by atoms with Crippen molar-refractivity contribution in [3.05, 3.63) is 103 Å². The van der Waals surface area contributed by atoms with E-state index in [0.717, 1.165) is 0 Å². The third-order valence-electron chi connectivity index (χ3n) is 7.47. The number of hydrogen-bond donors (Lipinski definition) is 0. The van der Waals surface area contributed by atoms with Crippen LogP contribution >= 0.6 is 0 Å². The molecular weight excluding hydrogens is 400 g/mol. The van der Waals surface area contributed by atoms with Gasteiger partial charge in [-0.3, -0.25) is 0 Å². The Morgan fingerprint density at radius 2 is 1.00 bits per heavy atom. The lowest BCUT2D eigenvalue weighted by molar-refractivity contribution is 1.01. The third kappa shape index (κ3) is 2.08. The molecule has 0 spiro atoms. The van der Waals surface area contributed by atoms with Gasteiger partial charge in [-0.2, -0.15) is 0 Å². The third-order valence-corrected chi connectivity index (χ3v) is 7.47. The van der Waals surface area contributed by atoms with Gasteiger partial charge in [0.1, 0.15) is 0 Å². The van der Waals surface area contributed by atoms with Crippen LogP contribution in [0, 0.1) is 0 Å². The first-order valence-corrected chi connectivity index (χ1v) is 11.4. The molecule has 0 saturated heterocycles. The predicted octanol–water partition coefficient (Wildman–Crippen LogP) is 8.15. The van der Waals surface area contributed by atoms with Crippen LogP contribution in [0.5, 0.6) is 0 Å². The Balaban J connectivity index is 1.43. The average Bonchev–Trinajstić information content (AvgIpc) is 3.49. The Morgan fingerprint density at radius 1 is 0.424 bits per heavy atom. The highest BCUT2D eigenvalue weighted by molar-refractivity contribution is 6.23. The van der Waals surface area contributed by atoms with Gasteiger partial charge in [0.2, 0.25) is 0 Å². The fraction of sp³-hybridized carbons (Fsp3) is 0.0323. The van der Waals surface area contributed by atoms with Gasteiger partial charge in [-0.1, -0.05) is 72.8 Å². The zero-order valence-corrected chi connectivity index (χ0v) is 18.2. The summed E-state index contributed by atoms with van der Waals surface area (Å²) in [7, 11) is 2.16. The van der Waals surface area contributed by atoms with Crippen LogP contribution in [-0.4, -0.2) is 8.97 Å². The molecule has 154 valence electrons. The molecule has 3 aromatic heterocycles. The molecule has 0 atom stereocenters. The minimum Gasteiger partial charge on any atom is -0.344 e. The Bertz CT molecular complexity index is 2030. The number of aromatic nitrogens is 2. The van der Waals surface area contributed by atoms with Crippen molar-refractivity contribution in [1.29, 1.82) is 0 Å². The van der Waals surface area contributed by atoms with Crippen molar-refractivity contribution >= 4 is 59.9 Å². The van der Waals surface area contributed by atoms with Crippen LogP contribution in [-0.2, 0) is 7.05 Å². The smallest absolute Gasteiger partial charge is 0.0620 e. The van der Waals surface area contributed by atoms with Crippen molar-refractivity contribution in [2.45, 2.75) is 0 Å². The molecule has 33 heavy (non-hydrogen) atoms. The van der Waals surface area contributed by atoms with E-state index in [2.05, 4.69) is 119 Å². The van der Waals surface area contributed by atoms with E-state index < -0.39 is 0 Å². The van der Waals surface area contributed by atoms with Gasteiger partial charge in [0.05, 0.1) is 16.6 Å². The summed E-state index contributed by atoms with van der Waals surface area (Å²) in [5, 5.41) is 7.92. The monoisotopic (exact) mass is 420 g/mol. The van der Waals surface area contributed by atoms with Gasteiger partial charge in [0, 0.05) is 50.4 Å². The summed E-state index contributed by atoms with van der Waals surface area (Å²) in [5.41, 5.74) is 8.94. The van der Waals surface area contributed by atoms with E-state index in [-0.39, 0.29) is 0 Å². The lowest BCUT2D eigenvalue weighted by Crippen LogP contribution is -1.87. The molecule has 0 aliphatic heterocycles. The molecule has 0 radical (unpaired) electrons. The molecule has 0 fully saturated rings. The van der Waals surface area contributed by atoms with Gasteiger partial charge in [0.15, 0.2) is 0 Å². The highest BCUT2D eigenvalue weighted by Crippen LogP contribution is 2.40. The SMILES string of the molecule is Cn1c2ccccc2c2ccc(-c3ccc4c(c3)c3cccc5c6ccccc6n4c53)cc21. The van der Waals surface area contributed by atoms with E-state index >= 15 is 0 Å². The van der Waals surface area contributed by atoms with Crippen LogP contribution in [0.4, 0.5) is 0 Å².